The summed E-state index contributed by atoms with van der Waals surface area (Å²) in [6.07, 6.45) is 0.991. The number of hydrogen-bond acceptors (Lipinski definition) is 4. The van der Waals surface area contributed by atoms with E-state index in [0.29, 0.717) is 0 Å². The van der Waals surface area contributed by atoms with Crippen molar-refractivity contribution in [3.63, 3.8) is 0 Å². The van der Waals surface area contributed by atoms with Crippen molar-refractivity contribution in [1.82, 2.24) is 15.1 Å². The second kappa shape index (κ2) is 9.77. The molecule has 134 valence electrons. The molecule has 2 rings (SSSR count). The molecule has 1 heterocycles. The zero-order valence-corrected chi connectivity index (χ0v) is 15.1. The van der Waals surface area contributed by atoms with Gasteiger partial charge in [0.1, 0.15) is 0 Å². The van der Waals surface area contributed by atoms with Crippen LogP contribution in [0.15, 0.2) is 30.3 Å². The third kappa shape index (κ3) is 5.58. The summed E-state index contributed by atoms with van der Waals surface area (Å²) in [4.78, 5) is 17.2. The maximum absolute atomic E-state index is 12.3. The van der Waals surface area contributed by atoms with Gasteiger partial charge in [0.25, 0.3) is 0 Å². The fourth-order valence-corrected chi connectivity index (χ4v) is 3.13. The van der Waals surface area contributed by atoms with Crippen molar-refractivity contribution in [1.29, 1.82) is 0 Å². The lowest BCUT2D eigenvalue weighted by molar-refractivity contribution is -0.125. The predicted octanol–water partition coefficient (Wildman–Crippen LogP) is 1.47. The first kappa shape index (κ1) is 18.9. The molecule has 1 amide bonds. The van der Waals surface area contributed by atoms with E-state index in [1.54, 1.807) is 0 Å². The van der Waals surface area contributed by atoms with Crippen LogP contribution in [0, 0.1) is 5.92 Å². The molecular formula is C19H32N4O. The quantitative estimate of drug-likeness (QED) is 0.708. The van der Waals surface area contributed by atoms with Crippen molar-refractivity contribution in [2.45, 2.75) is 26.3 Å². The summed E-state index contributed by atoms with van der Waals surface area (Å²) in [5, 5.41) is 3.04. The van der Waals surface area contributed by atoms with E-state index in [1.807, 2.05) is 37.3 Å². The number of carbonyl (C=O) groups is 1. The number of piperazine rings is 1. The fourth-order valence-electron chi connectivity index (χ4n) is 3.13. The summed E-state index contributed by atoms with van der Waals surface area (Å²) in [5.74, 6) is -0.178. The number of carbonyl (C=O) groups excluding carboxylic acids is 1. The molecule has 0 radical (unpaired) electrons. The molecule has 0 bridgehead atoms. The topological polar surface area (TPSA) is 61.6 Å². The molecule has 2 atom stereocenters. The van der Waals surface area contributed by atoms with E-state index in [1.165, 1.54) is 0 Å². The lowest BCUT2D eigenvalue weighted by Gasteiger charge is -2.34. The van der Waals surface area contributed by atoms with Crippen molar-refractivity contribution < 1.29 is 4.79 Å². The van der Waals surface area contributed by atoms with Gasteiger partial charge in [-0.05, 0) is 25.1 Å². The maximum atomic E-state index is 12.3. The van der Waals surface area contributed by atoms with E-state index >= 15 is 0 Å². The van der Waals surface area contributed by atoms with Crippen LogP contribution in [0.2, 0.25) is 0 Å². The molecule has 24 heavy (non-hydrogen) atoms. The molecule has 1 fully saturated rings. The third-order valence-corrected chi connectivity index (χ3v) is 5.00. The first-order valence-electron chi connectivity index (χ1n) is 9.14. The van der Waals surface area contributed by atoms with Crippen molar-refractivity contribution in [3.05, 3.63) is 35.9 Å². The molecule has 0 aliphatic carbocycles. The first-order valence-corrected chi connectivity index (χ1v) is 9.14. The number of nitrogens with one attached hydrogen (secondary N) is 1. The van der Waals surface area contributed by atoms with E-state index in [2.05, 4.69) is 22.0 Å². The van der Waals surface area contributed by atoms with Crippen molar-refractivity contribution >= 4 is 5.91 Å². The van der Waals surface area contributed by atoms with E-state index < -0.39 is 0 Å². The van der Waals surface area contributed by atoms with Crippen molar-refractivity contribution in [2.75, 3.05) is 45.8 Å². The second-order valence-corrected chi connectivity index (χ2v) is 6.65. The fraction of sp³-hybridized carbons (Fsp3) is 0.632. The summed E-state index contributed by atoms with van der Waals surface area (Å²) < 4.78 is 0. The summed E-state index contributed by atoms with van der Waals surface area (Å²) in [6, 6.07) is 9.57. The molecule has 0 saturated carbocycles. The van der Waals surface area contributed by atoms with Crippen molar-refractivity contribution in [2.24, 2.45) is 11.7 Å². The van der Waals surface area contributed by atoms with Crippen LogP contribution < -0.4 is 11.1 Å². The average molecular weight is 332 g/mol. The second-order valence-electron chi connectivity index (χ2n) is 6.65. The standard InChI is InChI=1S/C19H32N4O/c1-3-22-12-14-23(15-13-22)11-7-10-21-19(24)16(2)18(20)17-8-5-4-6-9-17/h4-6,8-9,16,18H,3,7,10-15,20H2,1-2H3,(H,21,24). The minimum absolute atomic E-state index is 0.0437. The first-order chi connectivity index (χ1) is 11.6. The molecule has 5 nitrogen and oxygen atoms in total. The summed E-state index contributed by atoms with van der Waals surface area (Å²) in [6.45, 7) is 11.6. The van der Waals surface area contributed by atoms with Crippen molar-refractivity contribution in [3.8, 4) is 0 Å². The van der Waals surface area contributed by atoms with Crippen LogP contribution >= 0.6 is 0 Å². The van der Waals surface area contributed by atoms with Gasteiger partial charge in [-0.15, -0.1) is 0 Å². The lowest BCUT2D eigenvalue weighted by atomic mass is 9.95. The number of nitrogens with two attached hydrogens (primary N) is 1. The van der Waals surface area contributed by atoms with Gasteiger partial charge in [-0.1, -0.05) is 44.2 Å². The molecular weight excluding hydrogens is 300 g/mol. The highest BCUT2D eigenvalue weighted by Gasteiger charge is 2.21. The van der Waals surface area contributed by atoms with Gasteiger partial charge in [0.05, 0.1) is 5.92 Å². The number of rotatable bonds is 8. The van der Waals surface area contributed by atoms with Gasteiger partial charge in [-0.25, -0.2) is 0 Å². The number of likely N-dealkylation sites (N-methyl/N-ethyl adjacent to an activating group) is 1. The van der Waals surface area contributed by atoms with Gasteiger partial charge < -0.3 is 20.9 Å². The Labute approximate surface area is 146 Å². The Morgan fingerprint density at radius 3 is 2.42 bits per heavy atom. The van der Waals surface area contributed by atoms with E-state index in [-0.39, 0.29) is 17.9 Å². The average Bonchev–Trinajstić information content (AvgIpc) is 2.65. The summed E-state index contributed by atoms with van der Waals surface area (Å²) >= 11 is 0. The van der Waals surface area contributed by atoms with Gasteiger partial charge in [0, 0.05) is 38.8 Å². The Hall–Kier alpha value is -1.43. The summed E-state index contributed by atoms with van der Waals surface area (Å²) in [5.41, 5.74) is 7.22. The van der Waals surface area contributed by atoms with Gasteiger partial charge >= 0.3 is 0 Å². The van der Waals surface area contributed by atoms with Gasteiger partial charge in [-0.2, -0.15) is 0 Å². The van der Waals surface area contributed by atoms with Crippen LogP contribution in [-0.4, -0.2) is 61.5 Å². The highest BCUT2D eigenvalue weighted by atomic mass is 16.1. The van der Waals surface area contributed by atoms with Crippen LogP contribution in [-0.2, 0) is 4.79 Å². The van der Waals surface area contributed by atoms with Crippen LogP contribution in [0.1, 0.15) is 31.9 Å². The zero-order valence-electron chi connectivity index (χ0n) is 15.1. The number of nitrogens with zero attached hydrogens (tertiary/aromatic N) is 2. The SMILES string of the molecule is CCN1CCN(CCCNC(=O)C(C)C(N)c2ccccc2)CC1. The normalized spacial score (nSPS) is 19.0. The van der Waals surface area contributed by atoms with Gasteiger partial charge in [0.15, 0.2) is 0 Å². The predicted molar refractivity (Wildman–Crippen MR) is 98.7 cm³/mol. The minimum atomic E-state index is -0.256. The Morgan fingerprint density at radius 2 is 1.79 bits per heavy atom. The molecule has 3 N–H and O–H groups in total. The monoisotopic (exact) mass is 332 g/mol. The number of hydrogen-bond donors (Lipinski definition) is 2. The molecule has 2 unspecified atom stereocenters. The maximum Gasteiger partial charge on any atom is 0.224 e. The van der Waals surface area contributed by atoms with Gasteiger partial charge in [0.2, 0.25) is 5.91 Å². The van der Waals surface area contributed by atoms with Crippen LogP contribution in [0.4, 0.5) is 0 Å². The number of amides is 1. The number of benzene rings is 1. The van der Waals surface area contributed by atoms with Crippen LogP contribution in [0.25, 0.3) is 0 Å². The third-order valence-electron chi connectivity index (χ3n) is 5.00. The Balaban J connectivity index is 1.64. The Kier molecular flexibility index (Phi) is 7.69. The summed E-state index contributed by atoms with van der Waals surface area (Å²) in [7, 11) is 0. The highest BCUT2D eigenvalue weighted by Crippen LogP contribution is 2.18. The highest BCUT2D eigenvalue weighted by molar-refractivity contribution is 5.79. The minimum Gasteiger partial charge on any atom is -0.356 e. The molecule has 0 spiro atoms. The Bertz CT molecular complexity index is 485. The van der Waals surface area contributed by atoms with E-state index in [4.69, 9.17) is 5.73 Å². The molecule has 1 aliphatic heterocycles. The molecule has 5 heteroatoms. The largest absolute Gasteiger partial charge is 0.356 e. The molecule has 1 aromatic rings. The van der Waals surface area contributed by atoms with Gasteiger partial charge in [-0.3, -0.25) is 4.79 Å². The molecule has 1 saturated heterocycles. The smallest absolute Gasteiger partial charge is 0.224 e. The molecule has 1 aliphatic rings. The Morgan fingerprint density at radius 1 is 1.17 bits per heavy atom. The lowest BCUT2D eigenvalue weighted by Crippen LogP contribution is -2.46. The zero-order chi connectivity index (χ0) is 17.4. The molecule has 1 aromatic carbocycles. The van der Waals surface area contributed by atoms with E-state index in [9.17, 15) is 4.79 Å². The van der Waals surface area contributed by atoms with Crippen LogP contribution in [0.5, 0.6) is 0 Å². The molecule has 0 aromatic heterocycles. The van der Waals surface area contributed by atoms with Crippen LogP contribution in [0.3, 0.4) is 0 Å². The van der Waals surface area contributed by atoms with E-state index in [0.717, 1.165) is 57.8 Å².